The summed E-state index contributed by atoms with van der Waals surface area (Å²) in [6.45, 7) is 5.28. The molecule has 0 aliphatic rings. The van der Waals surface area contributed by atoms with Crippen LogP contribution in [0.4, 0.5) is 0 Å². The molecule has 0 bridgehead atoms. The highest BCUT2D eigenvalue weighted by Crippen LogP contribution is 2.11. The number of aryl methyl sites for hydroxylation is 1. The Hall–Kier alpha value is -0.940. The second-order valence-electron chi connectivity index (χ2n) is 4.49. The van der Waals surface area contributed by atoms with Crippen LogP contribution in [0.2, 0.25) is 0 Å². The van der Waals surface area contributed by atoms with E-state index in [0.717, 1.165) is 17.1 Å². The van der Waals surface area contributed by atoms with Crippen molar-refractivity contribution in [2.45, 2.75) is 33.2 Å². The minimum Gasteiger partial charge on any atom is -0.340 e. The lowest BCUT2D eigenvalue weighted by atomic mass is 10.1. The largest absolute Gasteiger partial charge is 0.340 e. The van der Waals surface area contributed by atoms with Crippen LogP contribution < -0.4 is 5.73 Å². The highest BCUT2D eigenvalue weighted by Gasteiger charge is 2.12. The van der Waals surface area contributed by atoms with Crippen molar-refractivity contribution in [2.75, 3.05) is 13.6 Å². The molecule has 2 N–H and O–H groups in total. The minimum atomic E-state index is 0.163. The number of carbonyl (C=O) groups excluding carboxylic acids is 1. The van der Waals surface area contributed by atoms with Gasteiger partial charge in [0.1, 0.15) is 0 Å². The molecule has 1 rings (SSSR count). The average Bonchev–Trinajstić information content (AvgIpc) is 2.70. The van der Waals surface area contributed by atoms with Gasteiger partial charge in [0.25, 0.3) is 0 Å². The van der Waals surface area contributed by atoms with E-state index in [1.54, 1.807) is 16.2 Å². The van der Waals surface area contributed by atoms with Gasteiger partial charge >= 0.3 is 0 Å². The molecular weight excluding hydrogens is 234 g/mol. The Balaban J connectivity index is 2.36. The number of amides is 1. The van der Waals surface area contributed by atoms with Crippen LogP contribution in [-0.4, -0.2) is 29.4 Å². The molecule has 0 fully saturated rings. The van der Waals surface area contributed by atoms with Crippen molar-refractivity contribution in [1.82, 2.24) is 9.88 Å². The zero-order chi connectivity index (χ0) is 12.8. The Morgan fingerprint density at radius 3 is 2.88 bits per heavy atom. The first-order valence-corrected chi connectivity index (χ1v) is 6.76. The molecule has 0 aliphatic heterocycles. The van der Waals surface area contributed by atoms with Crippen LogP contribution in [0, 0.1) is 12.8 Å². The molecule has 17 heavy (non-hydrogen) atoms. The maximum absolute atomic E-state index is 11.8. The molecule has 5 heteroatoms. The normalized spacial score (nSPS) is 12.5. The van der Waals surface area contributed by atoms with Gasteiger partial charge in [-0.25, -0.2) is 4.98 Å². The second kappa shape index (κ2) is 6.71. The molecule has 1 aromatic rings. The molecule has 1 heterocycles. The third kappa shape index (κ3) is 4.83. The lowest BCUT2D eigenvalue weighted by molar-refractivity contribution is -0.130. The Morgan fingerprint density at radius 1 is 1.65 bits per heavy atom. The van der Waals surface area contributed by atoms with Gasteiger partial charge in [-0.2, -0.15) is 0 Å². The van der Waals surface area contributed by atoms with E-state index in [2.05, 4.69) is 11.9 Å². The zero-order valence-corrected chi connectivity index (χ0v) is 11.6. The van der Waals surface area contributed by atoms with Crippen molar-refractivity contribution in [3.05, 3.63) is 16.1 Å². The predicted molar refractivity (Wildman–Crippen MR) is 70.8 cm³/mol. The van der Waals surface area contributed by atoms with E-state index in [1.807, 2.05) is 19.4 Å². The first-order chi connectivity index (χ1) is 8.02. The van der Waals surface area contributed by atoms with Crippen LogP contribution in [0.5, 0.6) is 0 Å². The maximum Gasteiger partial charge on any atom is 0.222 e. The number of hydrogen-bond donors (Lipinski definition) is 1. The van der Waals surface area contributed by atoms with E-state index < -0.39 is 0 Å². The second-order valence-corrected chi connectivity index (χ2v) is 5.55. The van der Waals surface area contributed by atoms with Gasteiger partial charge in [-0.15, -0.1) is 11.3 Å². The van der Waals surface area contributed by atoms with Crippen molar-refractivity contribution in [3.63, 3.8) is 0 Å². The van der Waals surface area contributed by atoms with E-state index in [1.165, 1.54) is 0 Å². The highest BCUT2D eigenvalue weighted by molar-refractivity contribution is 7.09. The fraction of sp³-hybridized carbons (Fsp3) is 0.667. The summed E-state index contributed by atoms with van der Waals surface area (Å²) in [7, 11) is 1.82. The molecular formula is C12H21N3OS. The van der Waals surface area contributed by atoms with Gasteiger partial charge < -0.3 is 10.6 Å². The first kappa shape index (κ1) is 14.1. The Kier molecular flexibility index (Phi) is 5.58. The lowest BCUT2D eigenvalue weighted by Gasteiger charge is -2.17. The van der Waals surface area contributed by atoms with Gasteiger partial charge in [0.2, 0.25) is 5.91 Å². The maximum atomic E-state index is 11.8. The van der Waals surface area contributed by atoms with E-state index in [4.69, 9.17) is 5.73 Å². The molecule has 1 atom stereocenters. The number of nitrogens with two attached hydrogens (primary N) is 1. The molecule has 0 aromatic carbocycles. The van der Waals surface area contributed by atoms with E-state index in [9.17, 15) is 4.79 Å². The van der Waals surface area contributed by atoms with Gasteiger partial charge in [0.15, 0.2) is 0 Å². The monoisotopic (exact) mass is 255 g/mol. The molecule has 0 saturated heterocycles. The topological polar surface area (TPSA) is 59.2 Å². The third-order valence-electron chi connectivity index (χ3n) is 2.74. The fourth-order valence-electron chi connectivity index (χ4n) is 1.49. The minimum absolute atomic E-state index is 0.163. The molecule has 1 unspecified atom stereocenters. The highest BCUT2D eigenvalue weighted by atomic mass is 32.1. The Morgan fingerprint density at radius 2 is 2.35 bits per heavy atom. The van der Waals surface area contributed by atoms with Crippen molar-refractivity contribution >= 4 is 17.2 Å². The smallest absolute Gasteiger partial charge is 0.222 e. The Bertz CT molecular complexity index is 364. The molecule has 96 valence electrons. The van der Waals surface area contributed by atoms with Crippen LogP contribution in [0.3, 0.4) is 0 Å². The van der Waals surface area contributed by atoms with Gasteiger partial charge in [-0.05, 0) is 25.8 Å². The SMILES string of the molecule is Cc1nc(CN(C)C(=O)CCC(C)CN)cs1. The third-order valence-corrected chi connectivity index (χ3v) is 3.57. The number of carbonyl (C=O) groups is 1. The quantitative estimate of drug-likeness (QED) is 0.843. The van der Waals surface area contributed by atoms with Gasteiger partial charge in [0.05, 0.1) is 17.2 Å². The van der Waals surface area contributed by atoms with E-state index >= 15 is 0 Å². The number of aromatic nitrogens is 1. The molecule has 1 aromatic heterocycles. The average molecular weight is 255 g/mol. The van der Waals surface area contributed by atoms with Crippen molar-refractivity contribution in [1.29, 1.82) is 0 Å². The summed E-state index contributed by atoms with van der Waals surface area (Å²) in [5, 5.41) is 3.04. The summed E-state index contributed by atoms with van der Waals surface area (Å²) < 4.78 is 0. The number of thiazole rings is 1. The summed E-state index contributed by atoms with van der Waals surface area (Å²) in [5.41, 5.74) is 6.49. The van der Waals surface area contributed by atoms with Crippen molar-refractivity contribution in [3.8, 4) is 0 Å². The number of rotatable bonds is 6. The van der Waals surface area contributed by atoms with Crippen LogP contribution in [0.25, 0.3) is 0 Å². The standard InChI is InChI=1S/C12H21N3OS/c1-9(6-13)4-5-12(16)15(3)7-11-8-17-10(2)14-11/h8-9H,4-7,13H2,1-3H3. The van der Waals surface area contributed by atoms with Crippen LogP contribution in [-0.2, 0) is 11.3 Å². The summed E-state index contributed by atoms with van der Waals surface area (Å²) in [4.78, 5) is 17.9. The molecule has 0 aliphatic carbocycles. The van der Waals surface area contributed by atoms with E-state index in [0.29, 0.717) is 25.4 Å². The number of nitrogens with zero attached hydrogens (tertiary/aromatic N) is 2. The lowest BCUT2D eigenvalue weighted by Crippen LogP contribution is -2.27. The summed E-state index contributed by atoms with van der Waals surface area (Å²) in [6, 6.07) is 0. The van der Waals surface area contributed by atoms with Crippen molar-refractivity contribution in [2.24, 2.45) is 11.7 Å². The summed E-state index contributed by atoms with van der Waals surface area (Å²) in [6.07, 6.45) is 1.42. The van der Waals surface area contributed by atoms with Crippen molar-refractivity contribution < 1.29 is 4.79 Å². The Labute approximate surface area is 107 Å². The van der Waals surface area contributed by atoms with E-state index in [-0.39, 0.29) is 5.91 Å². The zero-order valence-electron chi connectivity index (χ0n) is 10.8. The van der Waals surface area contributed by atoms with Crippen LogP contribution >= 0.6 is 11.3 Å². The molecule has 0 saturated carbocycles. The summed E-state index contributed by atoms with van der Waals surface area (Å²) in [5.74, 6) is 0.574. The molecule has 0 radical (unpaired) electrons. The summed E-state index contributed by atoms with van der Waals surface area (Å²) >= 11 is 1.61. The van der Waals surface area contributed by atoms with Gasteiger partial charge in [-0.3, -0.25) is 4.79 Å². The fourth-order valence-corrected chi connectivity index (χ4v) is 2.09. The van der Waals surface area contributed by atoms with Crippen LogP contribution in [0.15, 0.2) is 5.38 Å². The predicted octanol–water partition coefficient (Wildman–Crippen LogP) is 1.78. The number of hydrogen-bond acceptors (Lipinski definition) is 4. The molecule has 0 spiro atoms. The molecule has 4 nitrogen and oxygen atoms in total. The van der Waals surface area contributed by atoms with Crippen LogP contribution in [0.1, 0.15) is 30.5 Å². The first-order valence-electron chi connectivity index (χ1n) is 5.88. The molecule has 1 amide bonds. The van der Waals surface area contributed by atoms with Gasteiger partial charge in [-0.1, -0.05) is 6.92 Å². The van der Waals surface area contributed by atoms with Gasteiger partial charge in [0, 0.05) is 18.8 Å².